The fourth-order valence-corrected chi connectivity index (χ4v) is 4.61. The highest BCUT2D eigenvalue weighted by Crippen LogP contribution is 2.24. The van der Waals surface area contributed by atoms with Crippen LogP contribution in [0.2, 0.25) is 0 Å². The summed E-state index contributed by atoms with van der Waals surface area (Å²) in [5, 5.41) is 6.95. The van der Waals surface area contributed by atoms with Gasteiger partial charge in [0, 0.05) is 53.0 Å². The first-order valence-electron chi connectivity index (χ1n) is 11.8. The van der Waals surface area contributed by atoms with Gasteiger partial charge in [0.05, 0.1) is 12.1 Å². The number of aliphatic imine (C=N–C) groups is 1. The molecule has 1 aromatic rings. The Bertz CT molecular complexity index is 743. The number of guanidine groups is 1. The van der Waals surface area contributed by atoms with E-state index in [1.807, 2.05) is 21.1 Å². The number of likely N-dealkylation sites (tertiary alicyclic amines) is 1. The average molecular weight is 429 g/mol. The van der Waals surface area contributed by atoms with Crippen LogP contribution in [0.5, 0.6) is 0 Å². The molecule has 0 bridgehead atoms. The van der Waals surface area contributed by atoms with Crippen molar-refractivity contribution in [1.29, 1.82) is 0 Å². The number of benzene rings is 1. The maximum absolute atomic E-state index is 12.3. The molecule has 0 aliphatic carbocycles. The van der Waals surface area contributed by atoms with Crippen LogP contribution in [-0.4, -0.2) is 81.6 Å². The quantitative estimate of drug-likeness (QED) is 0.378. The standard InChI is InChI=1S/C24H40N6O/c1-19(20-10-7-11-21(18-20)29-14-5-6-15-29)27-24(25-2)26-13-9-17-30-16-8-12-22(30)23(31)28(3)4/h7,10-11,18-19,22H,5-6,8-9,12-17H2,1-4H3,(H2,25,26,27). The van der Waals surface area contributed by atoms with E-state index in [1.165, 1.54) is 24.1 Å². The van der Waals surface area contributed by atoms with Crippen LogP contribution in [0.1, 0.15) is 50.6 Å². The summed E-state index contributed by atoms with van der Waals surface area (Å²) in [5.41, 5.74) is 2.59. The molecule has 2 aliphatic heterocycles. The molecule has 0 radical (unpaired) electrons. The molecular formula is C24H40N6O. The van der Waals surface area contributed by atoms with E-state index in [4.69, 9.17) is 0 Å². The molecule has 31 heavy (non-hydrogen) atoms. The van der Waals surface area contributed by atoms with Crippen molar-refractivity contribution in [3.8, 4) is 0 Å². The number of anilines is 1. The molecule has 1 aromatic carbocycles. The van der Waals surface area contributed by atoms with Crippen molar-refractivity contribution < 1.29 is 4.79 Å². The van der Waals surface area contributed by atoms with Gasteiger partial charge in [0.2, 0.25) is 5.91 Å². The third-order valence-corrected chi connectivity index (χ3v) is 6.42. The molecule has 7 nitrogen and oxygen atoms in total. The second-order valence-corrected chi connectivity index (χ2v) is 8.93. The van der Waals surface area contributed by atoms with E-state index < -0.39 is 0 Å². The lowest BCUT2D eigenvalue weighted by atomic mass is 10.1. The van der Waals surface area contributed by atoms with E-state index in [-0.39, 0.29) is 18.0 Å². The highest BCUT2D eigenvalue weighted by atomic mass is 16.2. The van der Waals surface area contributed by atoms with Gasteiger partial charge in [-0.25, -0.2) is 0 Å². The van der Waals surface area contributed by atoms with E-state index in [0.717, 1.165) is 57.9 Å². The first kappa shape index (κ1) is 23.4. The average Bonchev–Trinajstić information content (AvgIpc) is 3.47. The minimum absolute atomic E-state index is 0.0512. The fourth-order valence-electron chi connectivity index (χ4n) is 4.61. The van der Waals surface area contributed by atoms with Gasteiger partial charge in [-0.15, -0.1) is 0 Å². The zero-order valence-electron chi connectivity index (χ0n) is 19.7. The summed E-state index contributed by atoms with van der Waals surface area (Å²) >= 11 is 0. The van der Waals surface area contributed by atoms with Crippen LogP contribution in [-0.2, 0) is 4.79 Å². The van der Waals surface area contributed by atoms with Gasteiger partial charge in [0.1, 0.15) is 0 Å². The van der Waals surface area contributed by atoms with Crippen molar-refractivity contribution in [2.45, 2.75) is 51.1 Å². The second-order valence-electron chi connectivity index (χ2n) is 8.93. The van der Waals surface area contributed by atoms with Crippen LogP contribution in [0.15, 0.2) is 29.3 Å². The number of hydrogen-bond acceptors (Lipinski definition) is 4. The van der Waals surface area contributed by atoms with Crippen LogP contribution in [0.25, 0.3) is 0 Å². The van der Waals surface area contributed by atoms with Crippen LogP contribution >= 0.6 is 0 Å². The highest BCUT2D eigenvalue weighted by Gasteiger charge is 2.31. The van der Waals surface area contributed by atoms with Gasteiger partial charge in [-0.1, -0.05) is 12.1 Å². The lowest BCUT2D eigenvalue weighted by Gasteiger charge is -2.26. The number of nitrogens with one attached hydrogen (secondary N) is 2. The molecule has 7 heteroatoms. The van der Waals surface area contributed by atoms with E-state index in [2.05, 4.69) is 56.6 Å². The lowest BCUT2D eigenvalue weighted by Crippen LogP contribution is -2.44. The zero-order chi connectivity index (χ0) is 22.2. The van der Waals surface area contributed by atoms with Gasteiger partial charge in [-0.05, 0) is 63.3 Å². The molecule has 2 atom stereocenters. The van der Waals surface area contributed by atoms with E-state index >= 15 is 0 Å². The Kier molecular flexibility index (Phi) is 8.58. The van der Waals surface area contributed by atoms with E-state index in [9.17, 15) is 4.79 Å². The SMILES string of the molecule is CN=C(NCCCN1CCCC1C(=O)N(C)C)NC(C)c1cccc(N2CCCC2)c1. The normalized spacial score (nSPS) is 20.7. The monoisotopic (exact) mass is 428 g/mol. The Balaban J connectivity index is 1.44. The van der Waals surface area contributed by atoms with Gasteiger partial charge in [0.25, 0.3) is 0 Å². The second kappa shape index (κ2) is 11.4. The molecule has 1 amide bonds. The Morgan fingerprint density at radius 3 is 2.71 bits per heavy atom. The van der Waals surface area contributed by atoms with Crippen molar-refractivity contribution in [1.82, 2.24) is 20.4 Å². The number of likely N-dealkylation sites (N-methyl/N-ethyl adjacent to an activating group) is 1. The van der Waals surface area contributed by atoms with Crippen LogP contribution in [0, 0.1) is 0 Å². The minimum atomic E-state index is 0.0512. The van der Waals surface area contributed by atoms with Gasteiger partial charge in [0.15, 0.2) is 5.96 Å². The Morgan fingerprint density at radius 1 is 1.23 bits per heavy atom. The summed E-state index contributed by atoms with van der Waals surface area (Å²) in [7, 11) is 5.51. The van der Waals surface area contributed by atoms with Crippen molar-refractivity contribution >= 4 is 17.6 Å². The number of nitrogens with zero attached hydrogens (tertiary/aromatic N) is 4. The van der Waals surface area contributed by atoms with Gasteiger partial charge >= 0.3 is 0 Å². The molecule has 172 valence electrons. The predicted molar refractivity (Wildman–Crippen MR) is 129 cm³/mol. The third kappa shape index (κ3) is 6.35. The molecule has 2 heterocycles. The number of rotatable bonds is 8. The molecular weight excluding hydrogens is 388 g/mol. The smallest absolute Gasteiger partial charge is 0.239 e. The third-order valence-electron chi connectivity index (χ3n) is 6.42. The van der Waals surface area contributed by atoms with Crippen molar-refractivity contribution in [3.05, 3.63) is 29.8 Å². The fraction of sp³-hybridized carbons (Fsp3) is 0.667. The molecule has 2 saturated heterocycles. The maximum atomic E-state index is 12.3. The van der Waals surface area contributed by atoms with Gasteiger partial charge in [-0.3, -0.25) is 14.7 Å². The van der Waals surface area contributed by atoms with Crippen molar-refractivity contribution in [3.63, 3.8) is 0 Å². The topological polar surface area (TPSA) is 63.2 Å². The molecule has 3 rings (SSSR count). The first-order chi connectivity index (χ1) is 15.0. The summed E-state index contributed by atoms with van der Waals surface area (Å²) in [6, 6.07) is 9.07. The van der Waals surface area contributed by atoms with Crippen molar-refractivity contribution in [2.24, 2.45) is 4.99 Å². The maximum Gasteiger partial charge on any atom is 0.239 e. The Morgan fingerprint density at radius 2 is 2.00 bits per heavy atom. The summed E-state index contributed by atoms with van der Waals surface area (Å²) in [5.74, 6) is 1.05. The first-order valence-corrected chi connectivity index (χ1v) is 11.8. The van der Waals surface area contributed by atoms with Gasteiger partial charge in [-0.2, -0.15) is 0 Å². The minimum Gasteiger partial charge on any atom is -0.372 e. The number of amides is 1. The summed E-state index contributed by atoms with van der Waals surface area (Å²) in [4.78, 5) is 23.3. The number of carbonyl (C=O) groups excluding carboxylic acids is 1. The molecule has 2 unspecified atom stereocenters. The van der Waals surface area contributed by atoms with Crippen molar-refractivity contribution in [2.75, 3.05) is 58.8 Å². The number of hydrogen-bond donors (Lipinski definition) is 2. The predicted octanol–water partition coefficient (Wildman–Crippen LogP) is 2.46. The van der Waals surface area contributed by atoms with Gasteiger partial charge < -0.3 is 20.4 Å². The molecule has 0 saturated carbocycles. The Hall–Kier alpha value is -2.28. The molecule has 0 spiro atoms. The van der Waals surface area contributed by atoms with E-state index in [0.29, 0.717) is 0 Å². The zero-order valence-corrected chi connectivity index (χ0v) is 19.7. The van der Waals surface area contributed by atoms with Crippen LogP contribution < -0.4 is 15.5 Å². The largest absolute Gasteiger partial charge is 0.372 e. The summed E-state index contributed by atoms with van der Waals surface area (Å²) < 4.78 is 0. The summed E-state index contributed by atoms with van der Waals surface area (Å²) in [6.07, 6.45) is 5.64. The van der Waals surface area contributed by atoms with Crippen LogP contribution in [0.4, 0.5) is 5.69 Å². The number of carbonyl (C=O) groups is 1. The molecule has 2 fully saturated rings. The highest BCUT2D eigenvalue weighted by molar-refractivity contribution is 5.81. The Labute approximate surface area is 187 Å². The van der Waals surface area contributed by atoms with Crippen LogP contribution in [0.3, 0.4) is 0 Å². The molecule has 2 N–H and O–H groups in total. The molecule has 2 aliphatic rings. The molecule has 0 aromatic heterocycles. The van der Waals surface area contributed by atoms with E-state index in [1.54, 1.807) is 4.90 Å². The lowest BCUT2D eigenvalue weighted by molar-refractivity contribution is -0.133. The summed E-state index contributed by atoms with van der Waals surface area (Å²) in [6.45, 7) is 7.28.